The molecule has 1 unspecified atom stereocenters. The first-order valence-corrected chi connectivity index (χ1v) is 5.89. The Labute approximate surface area is 100 Å². The number of nitrogens with two attached hydrogens (primary N) is 1. The fourth-order valence-electron chi connectivity index (χ4n) is 1.55. The van der Waals surface area contributed by atoms with Crippen molar-refractivity contribution in [3.8, 4) is 5.75 Å². The average Bonchev–Trinajstić information content (AvgIpc) is 3.10. The van der Waals surface area contributed by atoms with E-state index in [1.165, 1.54) is 12.8 Å². The number of aliphatic hydroxyl groups is 1. The molecule has 1 aliphatic rings. The summed E-state index contributed by atoms with van der Waals surface area (Å²) in [7, 11) is 0. The normalized spacial score (nSPS) is 17.2. The molecular formula is C12H16ClNO2. The van der Waals surface area contributed by atoms with Crippen molar-refractivity contribution in [2.24, 2.45) is 11.7 Å². The molecule has 3 nitrogen and oxygen atoms in total. The standard InChI is InChI=1S/C12H16ClNO2/c13-10-3-1-2-9(11(15)6-14)12(10)16-7-8-4-5-8/h1-3,8,11,15H,4-7,14H2. The van der Waals surface area contributed by atoms with E-state index in [0.717, 1.165) is 0 Å². The molecule has 3 N–H and O–H groups in total. The Morgan fingerprint density at radius 1 is 1.50 bits per heavy atom. The van der Waals surface area contributed by atoms with Crippen LogP contribution >= 0.6 is 11.6 Å². The topological polar surface area (TPSA) is 55.5 Å². The van der Waals surface area contributed by atoms with Crippen LogP contribution in [0.3, 0.4) is 0 Å². The number of halogens is 1. The van der Waals surface area contributed by atoms with Gasteiger partial charge in [-0.3, -0.25) is 0 Å². The number of benzene rings is 1. The van der Waals surface area contributed by atoms with Crippen LogP contribution in [0.25, 0.3) is 0 Å². The minimum Gasteiger partial charge on any atom is -0.491 e. The summed E-state index contributed by atoms with van der Waals surface area (Å²) in [5.41, 5.74) is 6.12. The molecule has 16 heavy (non-hydrogen) atoms. The third-order valence-electron chi connectivity index (χ3n) is 2.74. The molecule has 1 aromatic carbocycles. The molecule has 1 aromatic rings. The smallest absolute Gasteiger partial charge is 0.143 e. The molecular weight excluding hydrogens is 226 g/mol. The zero-order valence-corrected chi connectivity index (χ0v) is 9.78. The number of rotatable bonds is 5. The predicted molar refractivity (Wildman–Crippen MR) is 63.7 cm³/mol. The van der Waals surface area contributed by atoms with Crippen LogP contribution < -0.4 is 10.5 Å². The monoisotopic (exact) mass is 241 g/mol. The summed E-state index contributed by atoms with van der Waals surface area (Å²) < 4.78 is 5.67. The van der Waals surface area contributed by atoms with E-state index >= 15 is 0 Å². The van der Waals surface area contributed by atoms with Crippen LogP contribution in [0.4, 0.5) is 0 Å². The van der Waals surface area contributed by atoms with E-state index in [4.69, 9.17) is 22.1 Å². The van der Waals surface area contributed by atoms with Crippen LogP contribution in [-0.4, -0.2) is 18.3 Å². The van der Waals surface area contributed by atoms with Crippen LogP contribution in [0.1, 0.15) is 24.5 Å². The lowest BCUT2D eigenvalue weighted by Gasteiger charge is -2.16. The van der Waals surface area contributed by atoms with Crippen LogP contribution in [0, 0.1) is 5.92 Å². The first-order valence-electron chi connectivity index (χ1n) is 5.51. The number of hydrogen-bond donors (Lipinski definition) is 2. The summed E-state index contributed by atoms with van der Waals surface area (Å²) in [6.45, 7) is 0.841. The Balaban J connectivity index is 2.17. The molecule has 0 amide bonds. The van der Waals surface area contributed by atoms with Crippen molar-refractivity contribution in [2.45, 2.75) is 18.9 Å². The largest absolute Gasteiger partial charge is 0.491 e. The van der Waals surface area contributed by atoms with E-state index in [1.807, 2.05) is 0 Å². The lowest BCUT2D eigenvalue weighted by molar-refractivity contribution is 0.178. The summed E-state index contributed by atoms with van der Waals surface area (Å²) in [6.07, 6.45) is 1.73. The molecule has 88 valence electrons. The van der Waals surface area contributed by atoms with Crippen molar-refractivity contribution < 1.29 is 9.84 Å². The first-order chi connectivity index (χ1) is 7.72. The van der Waals surface area contributed by atoms with Gasteiger partial charge in [-0.15, -0.1) is 0 Å². The lowest BCUT2D eigenvalue weighted by atomic mass is 10.1. The Bertz CT molecular complexity index is 366. The maximum atomic E-state index is 9.75. The van der Waals surface area contributed by atoms with Crippen molar-refractivity contribution >= 4 is 11.6 Å². The third kappa shape index (κ3) is 2.67. The van der Waals surface area contributed by atoms with Gasteiger partial charge in [0, 0.05) is 12.1 Å². The molecule has 0 heterocycles. The van der Waals surface area contributed by atoms with Crippen LogP contribution in [0.15, 0.2) is 18.2 Å². The molecule has 0 saturated heterocycles. The maximum Gasteiger partial charge on any atom is 0.143 e. The van der Waals surface area contributed by atoms with Gasteiger partial charge in [0.1, 0.15) is 5.75 Å². The molecule has 1 aliphatic carbocycles. The second-order valence-corrected chi connectivity index (χ2v) is 4.57. The summed E-state index contributed by atoms with van der Waals surface area (Å²) in [5.74, 6) is 1.23. The van der Waals surface area contributed by atoms with E-state index in [1.54, 1.807) is 18.2 Å². The van der Waals surface area contributed by atoms with Crippen molar-refractivity contribution in [2.75, 3.05) is 13.2 Å². The highest BCUT2D eigenvalue weighted by Gasteiger charge is 2.23. The minimum absolute atomic E-state index is 0.167. The Morgan fingerprint density at radius 2 is 2.25 bits per heavy atom. The highest BCUT2D eigenvalue weighted by atomic mass is 35.5. The molecule has 0 aliphatic heterocycles. The molecule has 1 fully saturated rings. The highest BCUT2D eigenvalue weighted by Crippen LogP contribution is 2.35. The SMILES string of the molecule is NCC(O)c1cccc(Cl)c1OCC1CC1. The van der Waals surface area contributed by atoms with Gasteiger partial charge in [-0.1, -0.05) is 23.7 Å². The summed E-state index contributed by atoms with van der Waals surface area (Å²) in [6, 6.07) is 5.35. The van der Waals surface area contributed by atoms with E-state index in [2.05, 4.69) is 0 Å². The van der Waals surface area contributed by atoms with Crippen molar-refractivity contribution in [3.05, 3.63) is 28.8 Å². The average molecular weight is 242 g/mol. The maximum absolute atomic E-state index is 9.75. The van der Waals surface area contributed by atoms with Gasteiger partial charge >= 0.3 is 0 Å². The van der Waals surface area contributed by atoms with Crippen molar-refractivity contribution in [1.82, 2.24) is 0 Å². The number of hydrogen-bond acceptors (Lipinski definition) is 3. The Kier molecular flexibility index (Phi) is 3.69. The van der Waals surface area contributed by atoms with E-state index < -0.39 is 6.10 Å². The van der Waals surface area contributed by atoms with Gasteiger partial charge < -0.3 is 15.6 Å². The van der Waals surface area contributed by atoms with Gasteiger partial charge in [0.25, 0.3) is 0 Å². The van der Waals surface area contributed by atoms with Crippen LogP contribution in [0.5, 0.6) is 5.75 Å². The minimum atomic E-state index is -0.715. The number of para-hydroxylation sites is 1. The van der Waals surface area contributed by atoms with E-state index in [0.29, 0.717) is 28.9 Å². The molecule has 0 spiro atoms. The van der Waals surface area contributed by atoms with Gasteiger partial charge in [-0.25, -0.2) is 0 Å². The highest BCUT2D eigenvalue weighted by molar-refractivity contribution is 6.32. The van der Waals surface area contributed by atoms with Gasteiger partial charge in [-0.05, 0) is 24.8 Å². The molecule has 4 heteroatoms. The van der Waals surface area contributed by atoms with Gasteiger partial charge in [-0.2, -0.15) is 0 Å². The van der Waals surface area contributed by atoms with Crippen LogP contribution in [0.2, 0.25) is 5.02 Å². The van der Waals surface area contributed by atoms with E-state index in [9.17, 15) is 5.11 Å². The fraction of sp³-hybridized carbons (Fsp3) is 0.500. The third-order valence-corrected chi connectivity index (χ3v) is 3.04. The molecule has 2 rings (SSSR count). The summed E-state index contributed by atoms with van der Waals surface area (Å²) >= 11 is 6.06. The molecule has 0 aromatic heterocycles. The predicted octanol–water partition coefficient (Wildman–Crippen LogP) is 2.12. The summed E-state index contributed by atoms with van der Waals surface area (Å²) in [4.78, 5) is 0. The number of aliphatic hydroxyl groups excluding tert-OH is 1. The first kappa shape index (κ1) is 11.7. The quantitative estimate of drug-likeness (QED) is 0.830. The van der Waals surface area contributed by atoms with Gasteiger partial charge in [0.2, 0.25) is 0 Å². The van der Waals surface area contributed by atoms with Gasteiger partial charge in [0.15, 0.2) is 0 Å². The molecule has 1 atom stereocenters. The molecule has 0 bridgehead atoms. The lowest BCUT2D eigenvalue weighted by Crippen LogP contribution is -2.13. The Morgan fingerprint density at radius 3 is 2.88 bits per heavy atom. The second kappa shape index (κ2) is 5.04. The van der Waals surface area contributed by atoms with Crippen LogP contribution in [-0.2, 0) is 0 Å². The zero-order chi connectivity index (χ0) is 11.5. The summed E-state index contributed by atoms with van der Waals surface area (Å²) in [5, 5.41) is 10.3. The van der Waals surface area contributed by atoms with E-state index in [-0.39, 0.29) is 6.54 Å². The van der Waals surface area contributed by atoms with Crippen molar-refractivity contribution in [3.63, 3.8) is 0 Å². The fourth-order valence-corrected chi connectivity index (χ4v) is 1.79. The zero-order valence-electron chi connectivity index (χ0n) is 9.03. The molecule has 0 radical (unpaired) electrons. The Hall–Kier alpha value is -0.770. The number of ether oxygens (including phenoxy) is 1. The second-order valence-electron chi connectivity index (χ2n) is 4.16. The van der Waals surface area contributed by atoms with Crippen molar-refractivity contribution in [1.29, 1.82) is 0 Å². The van der Waals surface area contributed by atoms with Gasteiger partial charge in [0.05, 0.1) is 17.7 Å². The molecule has 1 saturated carbocycles.